The monoisotopic (exact) mass is 372 g/mol. The maximum atomic E-state index is 13.6. The summed E-state index contributed by atoms with van der Waals surface area (Å²) in [5.74, 6) is -0.691. The highest BCUT2D eigenvalue weighted by Gasteiger charge is 2.21. The molecule has 1 atom stereocenters. The third kappa shape index (κ3) is 4.01. The summed E-state index contributed by atoms with van der Waals surface area (Å²) in [4.78, 5) is -0.0612. The molecule has 0 aromatic heterocycles. The van der Waals surface area contributed by atoms with Crippen LogP contribution in [-0.4, -0.2) is 8.42 Å². The number of benzene rings is 2. The maximum Gasteiger partial charge on any atom is 0.241 e. The molecule has 0 radical (unpaired) electrons. The van der Waals surface area contributed by atoms with Crippen LogP contribution in [0.5, 0.6) is 0 Å². The zero-order valence-electron chi connectivity index (χ0n) is 11.8. The second-order valence-corrected chi connectivity index (χ2v) is 7.30. The highest BCUT2D eigenvalue weighted by molar-refractivity contribution is 7.89. The summed E-state index contributed by atoms with van der Waals surface area (Å²) in [6, 6.07) is 8.96. The van der Waals surface area contributed by atoms with Crippen LogP contribution in [0.15, 0.2) is 41.3 Å². The summed E-state index contributed by atoms with van der Waals surface area (Å²) in [5, 5.41) is 8.85. The molecule has 23 heavy (non-hydrogen) atoms. The van der Waals surface area contributed by atoms with Gasteiger partial charge in [-0.05, 0) is 42.8 Å². The number of sulfonamides is 1. The molecule has 0 spiro atoms. The van der Waals surface area contributed by atoms with Gasteiger partial charge in [0.15, 0.2) is 0 Å². The van der Waals surface area contributed by atoms with Crippen LogP contribution in [0.2, 0.25) is 10.0 Å². The van der Waals surface area contributed by atoms with Crippen LogP contribution in [0.25, 0.3) is 0 Å². The van der Waals surface area contributed by atoms with Crippen molar-refractivity contribution < 1.29 is 12.8 Å². The van der Waals surface area contributed by atoms with Gasteiger partial charge < -0.3 is 0 Å². The molecular weight excluding hydrogens is 362 g/mol. The standard InChI is InChI=1S/C15H11Cl2FN2O2S/c1-9(12-6-15(18)14(17)7-13(12)16)20-23(21,22)11-4-2-3-10(5-11)8-19/h2-7,9,20H,1H3/t9-/m1/s1. The van der Waals surface area contributed by atoms with Gasteiger partial charge in [-0.2, -0.15) is 5.26 Å². The molecule has 120 valence electrons. The predicted octanol–water partition coefficient (Wildman–Crippen LogP) is 4.04. The Balaban J connectivity index is 2.34. The first-order chi connectivity index (χ1) is 10.7. The molecule has 0 saturated carbocycles. The lowest BCUT2D eigenvalue weighted by Crippen LogP contribution is -2.27. The Morgan fingerprint density at radius 1 is 1.22 bits per heavy atom. The van der Waals surface area contributed by atoms with E-state index in [1.807, 2.05) is 6.07 Å². The Hall–Kier alpha value is -1.65. The topological polar surface area (TPSA) is 70.0 Å². The van der Waals surface area contributed by atoms with Crippen molar-refractivity contribution in [2.45, 2.75) is 17.9 Å². The lowest BCUT2D eigenvalue weighted by atomic mass is 10.1. The molecule has 0 unspecified atom stereocenters. The van der Waals surface area contributed by atoms with E-state index >= 15 is 0 Å². The van der Waals surface area contributed by atoms with Crippen LogP contribution in [0.1, 0.15) is 24.1 Å². The molecule has 2 aromatic carbocycles. The van der Waals surface area contributed by atoms with Crippen LogP contribution in [0.3, 0.4) is 0 Å². The molecule has 8 heteroatoms. The molecule has 4 nitrogen and oxygen atoms in total. The fraction of sp³-hybridized carbons (Fsp3) is 0.133. The Labute approximate surface area is 143 Å². The molecule has 0 amide bonds. The summed E-state index contributed by atoms with van der Waals surface area (Å²) in [6.45, 7) is 1.53. The molecule has 0 aliphatic carbocycles. The van der Waals surface area contributed by atoms with E-state index in [4.69, 9.17) is 28.5 Å². The van der Waals surface area contributed by atoms with E-state index in [1.165, 1.54) is 37.3 Å². The summed E-state index contributed by atoms with van der Waals surface area (Å²) >= 11 is 11.6. The van der Waals surface area contributed by atoms with Gasteiger partial charge in [-0.25, -0.2) is 17.5 Å². The van der Waals surface area contributed by atoms with Gasteiger partial charge in [-0.15, -0.1) is 0 Å². The molecular formula is C15H11Cl2FN2O2S. The first-order valence-electron chi connectivity index (χ1n) is 6.41. The summed E-state index contributed by atoms with van der Waals surface area (Å²) < 4.78 is 40.7. The molecule has 2 aromatic rings. The zero-order valence-corrected chi connectivity index (χ0v) is 14.2. The Morgan fingerprint density at radius 2 is 1.91 bits per heavy atom. The number of nitrogens with one attached hydrogen (secondary N) is 1. The summed E-state index contributed by atoms with van der Waals surface area (Å²) in [6.07, 6.45) is 0. The van der Waals surface area contributed by atoms with Gasteiger partial charge in [0, 0.05) is 11.1 Å². The van der Waals surface area contributed by atoms with Gasteiger partial charge in [0.25, 0.3) is 0 Å². The summed E-state index contributed by atoms with van der Waals surface area (Å²) in [7, 11) is -3.90. The lowest BCUT2D eigenvalue weighted by molar-refractivity contribution is 0.564. The molecule has 0 bridgehead atoms. The Kier molecular flexibility index (Phi) is 5.27. The average Bonchev–Trinajstić information content (AvgIpc) is 2.50. The predicted molar refractivity (Wildman–Crippen MR) is 86.3 cm³/mol. The first-order valence-corrected chi connectivity index (χ1v) is 8.65. The van der Waals surface area contributed by atoms with Crippen molar-refractivity contribution in [3.05, 3.63) is 63.4 Å². The van der Waals surface area contributed by atoms with E-state index in [-0.39, 0.29) is 26.1 Å². The van der Waals surface area contributed by atoms with Crippen molar-refractivity contribution in [3.63, 3.8) is 0 Å². The Bertz CT molecular complexity index is 895. The van der Waals surface area contributed by atoms with Crippen molar-refractivity contribution in [2.24, 2.45) is 0 Å². The van der Waals surface area contributed by atoms with E-state index < -0.39 is 21.9 Å². The molecule has 0 fully saturated rings. The second kappa shape index (κ2) is 6.85. The van der Waals surface area contributed by atoms with Gasteiger partial charge >= 0.3 is 0 Å². The van der Waals surface area contributed by atoms with Crippen molar-refractivity contribution in [1.82, 2.24) is 4.72 Å². The van der Waals surface area contributed by atoms with E-state index in [9.17, 15) is 12.8 Å². The maximum absolute atomic E-state index is 13.6. The highest BCUT2D eigenvalue weighted by Crippen LogP contribution is 2.29. The highest BCUT2D eigenvalue weighted by atomic mass is 35.5. The SMILES string of the molecule is C[C@@H](NS(=O)(=O)c1cccc(C#N)c1)c1cc(F)c(Cl)cc1Cl. The van der Waals surface area contributed by atoms with Gasteiger partial charge in [0.05, 0.1) is 21.6 Å². The number of rotatable bonds is 4. The second-order valence-electron chi connectivity index (χ2n) is 4.77. The van der Waals surface area contributed by atoms with Crippen LogP contribution in [0.4, 0.5) is 4.39 Å². The third-order valence-electron chi connectivity index (χ3n) is 3.11. The molecule has 1 N–H and O–H groups in total. The van der Waals surface area contributed by atoms with Gasteiger partial charge in [-0.3, -0.25) is 0 Å². The van der Waals surface area contributed by atoms with Gasteiger partial charge in [0.2, 0.25) is 10.0 Å². The van der Waals surface area contributed by atoms with E-state index in [2.05, 4.69) is 4.72 Å². The normalized spacial score (nSPS) is 12.7. The first kappa shape index (κ1) is 17.7. The van der Waals surface area contributed by atoms with Crippen molar-refractivity contribution in [1.29, 1.82) is 5.26 Å². The smallest absolute Gasteiger partial charge is 0.207 e. The number of nitrogens with zero attached hydrogens (tertiary/aromatic N) is 1. The Morgan fingerprint density at radius 3 is 2.57 bits per heavy atom. The van der Waals surface area contributed by atoms with Crippen LogP contribution >= 0.6 is 23.2 Å². The molecule has 0 aliphatic rings. The third-order valence-corrected chi connectivity index (χ3v) is 5.27. The quantitative estimate of drug-likeness (QED) is 0.823. The fourth-order valence-electron chi connectivity index (χ4n) is 1.97. The van der Waals surface area contributed by atoms with E-state index in [0.29, 0.717) is 0 Å². The number of nitriles is 1. The van der Waals surface area contributed by atoms with Crippen molar-refractivity contribution in [2.75, 3.05) is 0 Å². The molecule has 0 saturated heterocycles. The number of halogens is 3. The molecule has 0 aliphatic heterocycles. The molecule has 2 rings (SSSR count). The average molecular weight is 373 g/mol. The van der Waals surface area contributed by atoms with Crippen LogP contribution in [-0.2, 0) is 10.0 Å². The minimum Gasteiger partial charge on any atom is -0.207 e. The van der Waals surface area contributed by atoms with Gasteiger partial charge in [0.1, 0.15) is 5.82 Å². The van der Waals surface area contributed by atoms with Gasteiger partial charge in [-0.1, -0.05) is 29.3 Å². The van der Waals surface area contributed by atoms with Crippen LogP contribution < -0.4 is 4.72 Å². The minimum absolute atomic E-state index is 0.0612. The van der Waals surface area contributed by atoms with Crippen molar-refractivity contribution >= 4 is 33.2 Å². The van der Waals surface area contributed by atoms with E-state index in [1.54, 1.807) is 0 Å². The fourth-order valence-corrected chi connectivity index (χ4v) is 3.78. The zero-order chi connectivity index (χ0) is 17.2. The number of hydrogen-bond acceptors (Lipinski definition) is 3. The summed E-state index contributed by atoms with van der Waals surface area (Å²) in [5.41, 5.74) is 0.477. The molecule has 0 heterocycles. The minimum atomic E-state index is -3.90. The van der Waals surface area contributed by atoms with Crippen LogP contribution in [0, 0.1) is 17.1 Å². The largest absolute Gasteiger partial charge is 0.241 e. The number of hydrogen-bond donors (Lipinski definition) is 1. The van der Waals surface area contributed by atoms with Crippen molar-refractivity contribution in [3.8, 4) is 6.07 Å². The lowest BCUT2D eigenvalue weighted by Gasteiger charge is -2.16. The van der Waals surface area contributed by atoms with E-state index in [0.717, 1.165) is 6.07 Å².